The highest BCUT2D eigenvalue weighted by Gasteiger charge is 2.41. The summed E-state index contributed by atoms with van der Waals surface area (Å²) in [6.45, 7) is 4.78. The van der Waals surface area contributed by atoms with Crippen molar-refractivity contribution in [1.82, 2.24) is 14.7 Å². The van der Waals surface area contributed by atoms with Gasteiger partial charge in [0.25, 0.3) is 5.91 Å². The predicted octanol–water partition coefficient (Wildman–Crippen LogP) is 4.42. The van der Waals surface area contributed by atoms with Gasteiger partial charge in [0.1, 0.15) is 6.10 Å². The standard InChI is InChI=1S/C23H22ClN3O2/c1-14-17(12-16-4-6-18(7-5-16)27-10-3-9-25-27)13-19-22(21(14)24)29-20-8-11-26(15(20)2)23(19)28/h3-7,9-10,13,15,20H,8,11-12H2,1-2H3/t15-,20+/m1/s1. The smallest absolute Gasteiger partial charge is 0.258 e. The number of carbonyl (C=O) groups excluding carboxylic acids is 1. The zero-order valence-corrected chi connectivity index (χ0v) is 17.2. The third-order valence-corrected chi connectivity index (χ3v) is 6.57. The quantitative estimate of drug-likeness (QED) is 0.645. The van der Waals surface area contributed by atoms with E-state index in [-0.39, 0.29) is 18.1 Å². The van der Waals surface area contributed by atoms with Gasteiger partial charge in [-0.3, -0.25) is 4.79 Å². The van der Waals surface area contributed by atoms with E-state index in [1.54, 1.807) is 6.20 Å². The first-order valence-electron chi connectivity index (χ1n) is 9.91. The number of hydrogen-bond acceptors (Lipinski definition) is 3. The molecular weight excluding hydrogens is 386 g/mol. The summed E-state index contributed by atoms with van der Waals surface area (Å²) in [5, 5.41) is 4.81. The summed E-state index contributed by atoms with van der Waals surface area (Å²) in [4.78, 5) is 15.0. The summed E-state index contributed by atoms with van der Waals surface area (Å²) in [6, 6.07) is 12.2. The van der Waals surface area contributed by atoms with Crippen LogP contribution in [0, 0.1) is 6.92 Å². The SMILES string of the molecule is Cc1c(Cc2ccc(-n3cccn3)cc2)cc2c(c1Cl)O[C@H]1CCN(C2=O)[C@@H]1C. The molecule has 0 unspecified atom stereocenters. The number of aromatic nitrogens is 2. The van der Waals surface area contributed by atoms with Crippen molar-refractivity contribution in [2.45, 2.75) is 38.8 Å². The van der Waals surface area contributed by atoms with Crippen molar-refractivity contribution < 1.29 is 9.53 Å². The van der Waals surface area contributed by atoms with E-state index in [1.807, 2.05) is 53.9 Å². The maximum Gasteiger partial charge on any atom is 0.258 e. The molecule has 2 aromatic carbocycles. The molecule has 0 N–H and O–H groups in total. The van der Waals surface area contributed by atoms with Crippen LogP contribution in [0.1, 0.15) is 40.4 Å². The molecule has 6 heteroatoms. The zero-order chi connectivity index (χ0) is 20.1. The molecule has 148 valence electrons. The monoisotopic (exact) mass is 407 g/mol. The van der Waals surface area contributed by atoms with Gasteiger partial charge in [-0.25, -0.2) is 4.68 Å². The van der Waals surface area contributed by atoms with Gasteiger partial charge in [0.15, 0.2) is 5.75 Å². The molecule has 3 heterocycles. The van der Waals surface area contributed by atoms with Crippen molar-refractivity contribution in [2.75, 3.05) is 6.54 Å². The topological polar surface area (TPSA) is 47.4 Å². The Kier molecular flexibility index (Phi) is 4.36. The molecule has 1 fully saturated rings. The number of benzene rings is 2. The minimum Gasteiger partial charge on any atom is -0.486 e. The fourth-order valence-corrected chi connectivity index (χ4v) is 4.57. The highest BCUT2D eigenvalue weighted by Crippen LogP contribution is 2.41. The minimum absolute atomic E-state index is 0.0118. The molecule has 3 aromatic rings. The van der Waals surface area contributed by atoms with Crippen LogP contribution in [-0.2, 0) is 6.42 Å². The normalized spacial score (nSPS) is 20.4. The van der Waals surface area contributed by atoms with E-state index in [4.69, 9.17) is 16.3 Å². The molecule has 1 amide bonds. The van der Waals surface area contributed by atoms with Crippen LogP contribution in [0.15, 0.2) is 48.8 Å². The number of ether oxygens (including phenoxy) is 1. The largest absolute Gasteiger partial charge is 0.486 e. The second kappa shape index (κ2) is 6.92. The summed E-state index contributed by atoms with van der Waals surface area (Å²) < 4.78 is 8.03. The van der Waals surface area contributed by atoms with Crippen molar-refractivity contribution in [3.63, 3.8) is 0 Å². The first-order valence-corrected chi connectivity index (χ1v) is 10.3. The maximum atomic E-state index is 13.1. The third kappa shape index (κ3) is 3.01. The van der Waals surface area contributed by atoms with Gasteiger partial charge in [-0.1, -0.05) is 23.7 Å². The molecule has 2 bridgehead atoms. The average Bonchev–Trinajstić information content (AvgIpc) is 3.36. The van der Waals surface area contributed by atoms with Gasteiger partial charge in [-0.05, 0) is 61.2 Å². The van der Waals surface area contributed by atoms with E-state index in [2.05, 4.69) is 17.2 Å². The predicted molar refractivity (Wildman–Crippen MR) is 112 cm³/mol. The van der Waals surface area contributed by atoms with E-state index >= 15 is 0 Å². The number of fused-ring (bicyclic) bond motifs is 3. The van der Waals surface area contributed by atoms with Gasteiger partial charge in [-0.2, -0.15) is 5.10 Å². The first kappa shape index (κ1) is 18.3. The molecule has 5 nitrogen and oxygen atoms in total. The summed E-state index contributed by atoms with van der Waals surface area (Å²) in [5.74, 6) is 0.565. The van der Waals surface area contributed by atoms with Crippen LogP contribution in [0.5, 0.6) is 5.75 Å². The van der Waals surface area contributed by atoms with E-state index in [9.17, 15) is 4.79 Å². The molecule has 1 aromatic heterocycles. The van der Waals surface area contributed by atoms with Crippen LogP contribution in [0.3, 0.4) is 0 Å². The molecule has 0 spiro atoms. The van der Waals surface area contributed by atoms with Gasteiger partial charge in [0, 0.05) is 25.4 Å². The van der Waals surface area contributed by atoms with Crippen molar-refractivity contribution in [2.24, 2.45) is 0 Å². The number of halogens is 1. The Morgan fingerprint density at radius 1 is 1.28 bits per heavy atom. The van der Waals surface area contributed by atoms with Crippen LogP contribution in [-0.4, -0.2) is 39.3 Å². The van der Waals surface area contributed by atoms with Gasteiger partial charge >= 0.3 is 0 Å². The van der Waals surface area contributed by atoms with Gasteiger partial charge in [0.05, 0.1) is 22.3 Å². The fraction of sp³-hybridized carbons (Fsp3) is 0.304. The zero-order valence-electron chi connectivity index (χ0n) is 16.4. The van der Waals surface area contributed by atoms with Crippen LogP contribution in [0.2, 0.25) is 5.02 Å². The second-order valence-electron chi connectivity index (χ2n) is 7.83. The van der Waals surface area contributed by atoms with E-state index in [1.165, 1.54) is 0 Å². The Balaban J connectivity index is 1.49. The van der Waals surface area contributed by atoms with Gasteiger partial charge < -0.3 is 9.64 Å². The average molecular weight is 408 g/mol. The number of amides is 1. The summed E-state index contributed by atoms with van der Waals surface area (Å²) in [7, 11) is 0. The van der Waals surface area contributed by atoms with Crippen molar-refractivity contribution in [1.29, 1.82) is 0 Å². The molecular formula is C23H22ClN3O2. The molecule has 2 aliphatic heterocycles. The lowest BCUT2D eigenvalue weighted by atomic mass is 9.96. The lowest BCUT2D eigenvalue weighted by Gasteiger charge is -2.20. The summed E-state index contributed by atoms with van der Waals surface area (Å²) >= 11 is 6.69. The van der Waals surface area contributed by atoms with Gasteiger partial charge in [0.2, 0.25) is 0 Å². The minimum atomic E-state index is 0.0118. The molecule has 2 aliphatic rings. The molecule has 1 saturated heterocycles. The van der Waals surface area contributed by atoms with Crippen LogP contribution in [0.4, 0.5) is 0 Å². The fourth-order valence-electron chi connectivity index (χ4n) is 4.31. The molecule has 2 atom stereocenters. The molecule has 0 aliphatic carbocycles. The van der Waals surface area contributed by atoms with Gasteiger partial charge in [-0.15, -0.1) is 0 Å². The van der Waals surface area contributed by atoms with Crippen molar-refractivity contribution in [3.8, 4) is 11.4 Å². The summed E-state index contributed by atoms with van der Waals surface area (Å²) in [5.41, 5.74) is 4.76. The maximum absolute atomic E-state index is 13.1. The van der Waals surface area contributed by atoms with E-state index in [0.717, 1.165) is 35.3 Å². The summed E-state index contributed by atoms with van der Waals surface area (Å²) in [6.07, 6.45) is 5.24. The lowest BCUT2D eigenvalue weighted by molar-refractivity contribution is 0.0730. The molecule has 5 rings (SSSR count). The van der Waals surface area contributed by atoms with Crippen LogP contribution >= 0.6 is 11.6 Å². The number of nitrogens with zero attached hydrogens (tertiary/aromatic N) is 3. The Bertz CT molecular complexity index is 1080. The molecule has 29 heavy (non-hydrogen) atoms. The molecule has 0 saturated carbocycles. The van der Waals surface area contributed by atoms with Crippen LogP contribution < -0.4 is 4.74 Å². The number of hydrogen-bond donors (Lipinski definition) is 0. The Morgan fingerprint density at radius 3 is 2.79 bits per heavy atom. The highest BCUT2D eigenvalue weighted by molar-refractivity contribution is 6.33. The Morgan fingerprint density at radius 2 is 2.07 bits per heavy atom. The number of rotatable bonds is 3. The van der Waals surface area contributed by atoms with Crippen LogP contribution in [0.25, 0.3) is 5.69 Å². The van der Waals surface area contributed by atoms with Crippen molar-refractivity contribution >= 4 is 17.5 Å². The third-order valence-electron chi connectivity index (χ3n) is 6.12. The lowest BCUT2D eigenvalue weighted by Crippen LogP contribution is -2.36. The second-order valence-corrected chi connectivity index (χ2v) is 8.21. The van der Waals surface area contributed by atoms with E-state index in [0.29, 0.717) is 22.8 Å². The Labute approximate surface area is 174 Å². The number of carbonyl (C=O) groups is 1. The first-order chi connectivity index (χ1) is 14.0. The molecule has 0 radical (unpaired) electrons. The highest BCUT2D eigenvalue weighted by atomic mass is 35.5. The Hall–Kier alpha value is -2.79. The van der Waals surface area contributed by atoms with E-state index < -0.39 is 0 Å². The van der Waals surface area contributed by atoms with Crippen molar-refractivity contribution in [3.05, 3.63) is 76.1 Å².